The molecule has 5 nitrogen and oxygen atoms in total. The molecule has 0 aliphatic heterocycles. The van der Waals surface area contributed by atoms with Crippen LogP contribution < -0.4 is 10.4 Å². The smallest absolute Gasteiger partial charge is 0.344 e. The predicted molar refractivity (Wildman–Crippen MR) is 104 cm³/mol. The Hall–Kier alpha value is -3.08. The van der Waals surface area contributed by atoms with Crippen molar-refractivity contribution in [1.29, 1.82) is 0 Å². The molecule has 3 rings (SSSR count). The summed E-state index contributed by atoms with van der Waals surface area (Å²) in [7, 11) is 0. The van der Waals surface area contributed by atoms with Crippen molar-refractivity contribution in [1.82, 2.24) is 0 Å². The second-order valence-corrected chi connectivity index (χ2v) is 6.41. The van der Waals surface area contributed by atoms with Gasteiger partial charge in [0.2, 0.25) is 0 Å². The third-order valence-corrected chi connectivity index (χ3v) is 4.45. The van der Waals surface area contributed by atoms with Crippen LogP contribution in [-0.4, -0.2) is 18.7 Å². The maximum absolute atomic E-state index is 12.1. The van der Waals surface area contributed by atoms with Crippen LogP contribution in [0.25, 0.3) is 22.1 Å². The highest BCUT2D eigenvalue weighted by atomic mass is 16.6. The van der Waals surface area contributed by atoms with Gasteiger partial charge in [-0.3, -0.25) is 0 Å². The Labute approximate surface area is 157 Å². The second kappa shape index (κ2) is 8.08. The van der Waals surface area contributed by atoms with Crippen molar-refractivity contribution in [2.24, 2.45) is 0 Å². The molecule has 0 N–H and O–H groups in total. The Morgan fingerprint density at radius 2 is 1.89 bits per heavy atom. The quantitative estimate of drug-likeness (QED) is 0.475. The highest BCUT2D eigenvalue weighted by molar-refractivity contribution is 5.95. The number of carbonyl (C=O) groups excluding carboxylic acids is 1. The molecule has 0 saturated heterocycles. The average Bonchev–Trinajstić information content (AvgIpc) is 2.68. The van der Waals surface area contributed by atoms with Crippen LogP contribution in [0.1, 0.15) is 25.8 Å². The van der Waals surface area contributed by atoms with Crippen LogP contribution in [0, 0.1) is 6.92 Å². The number of benzene rings is 2. The van der Waals surface area contributed by atoms with E-state index in [1.165, 1.54) is 6.07 Å². The molecule has 2 aromatic carbocycles. The van der Waals surface area contributed by atoms with Gasteiger partial charge in [-0.2, -0.15) is 0 Å². The number of aryl methyl sites for hydroxylation is 1. The number of hydrogen-bond acceptors (Lipinski definition) is 5. The van der Waals surface area contributed by atoms with E-state index in [9.17, 15) is 9.59 Å². The van der Waals surface area contributed by atoms with Gasteiger partial charge in [0, 0.05) is 17.0 Å². The Morgan fingerprint density at radius 1 is 1.15 bits per heavy atom. The normalized spacial score (nSPS) is 12.0. The molecule has 0 fully saturated rings. The van der Waals surface area contributed by atoms with Gasteiger partial charge in [0.1, 0.15) is 11.3 Å². The lowest BCUT2D eigenvalue weighted by atomic mass is 10.0. The fourth-order valence-electron chi connectivity index (χ4n) is 2.83. The van der Waals surface area contributed by atoms with E-state index in [0.717, 1.165) is 22.9 Å². The summed E-state index contributed by atoms with van der Waals surface area (Å²) < 4.78 is 16.2. The van der Waals surface area contributed by atoms with E-state index in [1.54, 1.807) is 13.0 Å². The van der Waals surface area contributed by atoms with Crippen molar-refractivity contribution in [3.63, 3.8) is 0 Å². The van der Waals surface area contributed by atoms with Gasteiger partial charge in [0.15, 0.2) is 6.61 Å². The molecule has 27 heavy (non-hydrogen) atoms. The van der Waals surface area contributed by atoms with Crippen LogP contribution in [0.4, 0.5) is 0 Å². The van der Waals surface area contributed by atoms with Crippen LogP contribution in [0.2, 0.25) is 0 Å². The summed E-state index contributed by atoms with van der Waals surface area (Å²) in [4.78, 5) is 23.9. The van der Waals surface area contributed by atoms with E-state index in [0.29, 0.717) is 16.9 Å². The Balaban J connectivity index is 1.94. The molecule has 1 heterocycles. The topological polar surface area (TPSA) is 65.7 Å². The number of fused-ring (bicyclic) bond motifs is 1. The van der Waals surface area contributed by atoms with Crippen LogP contribution >= 0.6 is 0 Å². The first kappa shape index (κ1) is 18.7. The first-order chi connectivity index (χ1) is 13.0. The van der Waals surface area contributed by atoms with Crippen molar-refractivity contribution in [2.75, 3.05) is 6.61 Å². The lowest BCUT2D eigenvalue weighted by molar-refractivity contribution is -0.150. The minimum atomic E-state index is -0.433. The van der Waals surface area contributed by atoms with E-state index < -0.39 is 11.6 Å². The summed E-state index contributed by atoms with van der Waals surface area (Å²) in [5, 5.41) is 0.813. The molecule has 0 aliphatic rings. The Morgan fingerprint density at radius 3 is 2.59 bits per heavy atom. The molecule has 0 spiro atoms. The summed E-state index contributed by atoms with van der Waals surface area (Å²) in [6.45, 7) is 5.38. The van der Waals surface area contributed by atoms with Gasteiger partial charge in [-0.1, -0.05) is 37.3 Å². The molecule has 0 unspecified atom stereocenters. The minimum Gasteiger partial charge on any atom is -0.481 e. The molecule has 140 valence electrons. The molecule has 0 saturated carbocycles. The Kier molecular flexibility index (Phi) is 5.60. The third-order valence-electron chi connectivity index (χ3n) is 4.45. The van der Waals surface area contributed by atoms with Gasteiger partial charge in [-0.15, -0.1) is 0 Å². The third kappa shape index (κ3) is 4.19. The monoisotopic (exact) mass is 366 g/mol. The first-order valence-electron chi connectivity index (χ1n) is 8.94. The number of rotatable bonds is 6. The maximum Gasteiger partial charge on any atom is 0.344 e. The molecule has 1 atom stereocenters. The van der Waals surface area contributed by atoms with E-state index in [2.05, 4.69) is 0 Å². The molecule has 0 amide bonds. The maximum atomic E-state index is 12.1. The van der Waals surface area contributed by atoms with Crippen LogP contribution in [0.3, 0.4) is 0 Å². The van der Waals surface area contributed by atoms with E-state index in [-0.39, 0.29) is 12.7 Å². The van der Waals surface area contributed by atoms with E-state index in [4.69, 9.17) is 13.9 Å². The van der Waals surface area contributed by atoms with Crippen LogP contribution in [-0.2, 0) is 9.53 Å². The average molecular weight is 366 g/mol. The highest BCUT2D eigenvalue weighted by Crippen LogP contribution is 2.33. The zero-order valence-corrected chi connectivity index (χ0v) is 15.7. The SMILES string of the molecule is CC[C@@H](C)OC(=O)COc1ccc2c(-c3ccccc3)cc(=O)oc2c1C. The lowest BCUT2D eigenvalue weighted by Gasteiger charge is -2.14. The van der Waals surface area contributed by atoms with E-state index in [1.807, 2.05) is 50.2 Å². The summed E-state index contributed by atoms with van der Waals surface area (Å²) in [5.74, 6) is 0.0558. The van der Waals surface area contributed by atoms with Crippen molar-refractivity contribution in [3.05, 3.63) is 64.5 Å². The number of esters is 1. The van der Waals surface area contributed by atoms with Gasteiger partial charge in [-0.25, -0.2) is 9.59 Å². The molecule has 0 aliphatic carbocycles. The standard InChI is InChI=1S/C22H22O5/c1-4-14(2)26-21(24)13-25-19-11-10-17-18(16-8-6-5-7-9-16)12-20(23)27-22(17)15(19)3/h5-12,14H,4,13H2,1-3H3/t14-/m1/s1. The van der Waals surface area contributed by atoms with Gasteiger partial charge in [0.25, 0.3) is 0 Å². The largest absolute Gasteiger partial charge is 0.481 e. The fraction of sp³-hybridized carbons (Fsp3) is 0.273. The highest BCUT2D eigenvalue weighted by Gasteiger charge is 2.15. The Bertz CT molecular complexity index is 1000. The second-order valence-electron chi connectivity index (χ2n) is 6.41. The number of carbonyl (C=O) groups is 1. The lowest BCUT2D eigenvalue weighted by Crippen LogP contribution is -2.20. The molecule has 3 aromatic rings. The molecular weight excluding hydrogens is 344 g/mol. The molecular formula is C22H22O5. The minimum absolute atomic E-state index is 0.148. The first-order valence-corrected chi connectivity index (χ1v) is 8.94. The zero-order chi connectivity index (χ0) is 19.4. The fourth-order valence-corrected chi connectivity index (χ4v) is 2.83. The van der Waals surface area contributed by atoms with Crippen molar-refractivity contribution < 1.29 is 18.7 Å². The van der Waals surface area contributed by atoms with Gasteiger partial charge in [0.05, 0.1) is 6.10 Å². The van der Waals surface area contributed by atoms with Crippen molar-refractivity contribution in [3.8, 4) is 16.9 Å². The summed E-state index contributed by atoms with van der Waals surface area (Å²) in [6, 6.07) is 14.8. The molecule has 1 aromatic heterocycles. The van der Waals surface area contributed by atoms with Gasteiger partial charge < -0.3 is 13.9 Å². The van der Waals surface area contributed by atoms with E-state index >= 15 is 0 Å². The van der Waals surface area contributed by atoms with Crippen molar-refractivity contribution in [2.45, 2.75) is 33.3 Å². The predicted octanol–water partition coefficient (Wildman–Crippen LogP) is 4.49. The van der Waals surface area contributed by atoms with Crippen LogP contribution in [0.15, 0.2) is 57.7 Å². The molecule has 5 heteroatoms. The van der Waals surface area contributed by atoms with Crippen LogP contribution in [0.5, 0.6) is 5.75 Å². The summed E-state index contributed by atoms with van der Waals surface area (Å²) >= 11 is 0. The number of hydrogen-bond donors (Lipinski definition) is 0. The molecule has 0 radical (unpaired) electrons. The van der Waals surface area contributed by atoms with Crippen molar-refractivity contribution >= 4 is 16.9 Å². The summed E-state index contributed by atoms with van der Waals surface area (Å²) in [6.07, 6.45) is 0.596. The van der Waals surface area contributed by atoms with Gasteiger partial charge >= 0.3 is 11.6 Å². The van der Waals surface area contributed by atoms with Gasteiger partial charge in [-0.05, 0) is 43.5 Å². The number of ether oxygens (including phenoxy) is 2. The zero-order valence-electron chi connectivity index (χ0n) is 15.7. The summed E-state index contributed by atoms with van der Waals surface area (Å²) in [5.41, 5.74) is 2.42. The molecule has 0 bridgehead atoms.